The van der Waals surface area contributed by atoms with Crippen LogP contribution in [0.4, 0.5) is 16.5 Å². The monoisotopic (exact) mass is 277 g/mol. The van der Waals surface area contributed by atoms with Gasteiger partial charge in [-0.05, 0) is 25.1 Å². The van der Waals surface area contributed by atoms with Gasteiger partial charge in [0.05, 0.1) is 12.8 Å². The highest BCUT2D eigenvalue weighted by atomic mass is 32.1. The summed E-state index contributed by atoms with van der Waals surface area (Å²) in [6.07, 6.45) is 1.23. The highest BCUT2D eigenvalue weighted by molar-refractivity contribution is 7.09. The molecule has 8 heteroatoms. The second-order valence-corrected chi connectivity index (χ2v) is 4.20. The summed E-state index contributed by atoms with van der Waals surface area (Å²) in [5.41, 5.74) is 0.903. The van der Waals surface area contributed by atoms with E-state index in [0.717, 1.165) is 0 Å². The molecule has 19 heavy (non-hydrogen) atoms. The highest BCUT2D eigenvalue weighted by Gasteiger charge is 2.02. The predicted molar refractivity (Wildman–Crippen MR) is 72.1 cm³/mol. The average Bonchev–Trinajstić information content (AvgIpc) is 2.82. The summed E-state index contributed by atoms with van der Waals surface area (Å²) in [4.78, 5) is 7.98. The third-order valence-corrected chi connectivity index (χ3v) is 2.72. The number of phenolic OH excluding ortho intramolecular Hbond substituents is 1. The third-order valence-electron chi connectivity index (χ3n) is 2.02. The summed E-state index contributed by atoms with van der Waals surface area (Å²) >= 11 is 1.17. The first-order valence-electron chi connectivity index (χ1n) is 5.29. The van der Waals surface area contributed by atoms with Crippen molar-refractivity contribution in [1.82, 2.24) is 9.36 Å². The molecule has 1 aromatic carbocycles. The summed E-state index contributed by atoms with van der Waals surface area (Å²) < 4.78 is 8.70. The van der Waals surface area contributed by atoms with Gasteiger partial charge in [0.2, 0.25) is 5.13 Å². The van der Waals surface area contributed by atoms with Gasteiger partial charge >= 0.3 is 0 Å². The summed E-state index contributed by atoms with van der Waals surface area (Å²) in [6.45, 7) is 1.79. The van der Waals surface area contributed by atoms with Gasteiger partial charge in [-0.25, -0.2) is 9.98 Å². The first kappa shape index (κ1) is 13.1. The number of aliphatic imine (C=N–C) groups is 1. The van der Waals surface area contributed by atoms with Crippen molar-refractivity contribution in [1.29, 1.82) is 0 Å². The number of hydrogen-bond acceptors (Lipinski definition) is 8. The Hall–Kier alpha value is -2.35. The van der Waals surface area contributed by atoms with E-state index in [0.29, 0.717) is 22.3 Å². The molecule has 0 amide bonds. The topological polar surface area (TPSA) is 92.3 Å². The molecule has 0 aliphatic carbocycles. The smallest absolute Gasteiger partial charge is 0.249 e. The van der Waals surface area contributed by atoms with Gasteiger partial charge in [-0.3, -0.25) is 0 Å². The van der Waals surface area contributed by atoms with Crippen LogP contribution in [0.2, 0.25) is 0 Å². The van der Waals surface area contributed by atoms with Crippen LogP contribution in [0.5, 0.6) is 5.75 Å². The van der Waals surface area contributed by atoms with E-state index in [4.69, 9.17) is 4.74 Å². The number of hydrogen-bond donors (Lipinski definition) is 1. The number of aryl methyl sites for hydroxylation is 1. The molecule has 0 radical (unpaired) electrons. The van der Waals surface area contributed by atoms with Gasteiger partial charge < -0.3 is 9.84 Å². The zero-order valence-corrected chi connectivity index (χ0v) is 11.1. The largest absolute Gasteiger partial charge is 0.506 e. The fraction of sp³-hybridized carbons (Fsp3) is 0.182. The van der Waals surface area contributed by atoms with Gasteiger partial charge in [0.1, 0.15) is 17.3 Å². The number of aromatic nitrogens is 2. The molecule has 0 unspecified atom stereocenters. The SMILES string of the molecule is CO/C=N/c1cc(/N=N/c2nc(C)ns2)ccc1O. The predicted octanol–water partition coefficient (Wildman–Crippen LogP) is 3.27. The van der Waals surface area contributed by atoms with E-state index in [1.807, 2.05) is 0 Å². The van der Waals surface area contributed by atoms with E-state index in [2.05, 4.69) is 24.6 Å². The Bertz CT molecular complexity index is 623. The average molecular weight is 277 g/mol. The molecular formula is C11H11N5O2S. The molecule has 0 aliphatic heterocycles. The van der Waals surface area contributed by atoms with Crippen LogP contribution in [0, 0.1) is 6.92 Å². The van der Waals surface area contributed by atoms with Crippen LogP contribution in [-0.4, -0.2) is 28.0 Å². The van der Waals surface area contributed by atoms with E-state index in [1.54, 1.807) is 19.1 Å². The molecule has 0 bridgehead atoms. The lowest BCUT2D eigenvalue weighted by Gasteiger charge is -1.99. The van der Waals surface area contributed by atoms with Crippen molar-refractivity contribution in [2.75, 3.05) is 7.11 Å². The lowest BCUT2D eigenvalue weighted by atomic mass is 10.2. The molecule has 0 spiro atoms. The van der Waals surface area contributed by atoms with Crippen molar-refractivity contribution in [2.24, 2.45) is 15.2 Å². The van der Waals surface area contributed by atoms with Crippen LogP contribution < -0.4 is 0 Å². The summed E-state index contributed by atoms with van der Waals surface area (Å²) in [7, 11) is 1.47. The normalized spacial score (nSPS) is 11.5. The number of ether oxygens (including phenoxy) is 1. The lowest BCUT2D eigenvalue weighted by Crippen LogP contribution is -1.76. The van der Waals surface area contributed by atoms with E-state index in [9.17, 15) is 5.11 Å². The highest BCUT2D eigenvalue weighted by Crippen LogP contribution is 2.31. The molecular weight excluding hydrogens is 266 g/mol. The summed E-state index contributed by atoms with van der Waals surface area (Å²) in [5, 5.41) is 18.0. The minimum absolute atomic E-state index is 0.0407. The number of benzene rings is 1. The van der Waals surface area contributed by atoms with Crippen molar-refractivity contribution in [3.63, 3.8) is 0 Å². The van der Waals surface area contributed by atoms with Gasteiger partial charge in [0.25, 0.3) is 0 Å². The van der Waals surface area contributed by atoms with Crippen LogP contribution in [0.1, 0.15) is 5.82 Å². The fourth-order valence-corrected chi connectivity index (χ4v) is 1.72. The molecule has 7 nitrogen and oxygen atoms in total. The number of aromatic hydroxyl groups is 1. The van der Waals surface area contributed by atoms with Gasteiger partial charge in [-0.2, -0.15) is 4.37 Å². The van der Waals surface area contributed by atoms with Crippen molar-refractivity contribution >= 4 is 34.4 Å². The Morgan fingerprint density at radius 2 is 2.21 bits per heavy atom. The Labute approximate surface area is 113 Å². The molecule has 0 fully saturated rings. The molecule has 2 aromatic rings. The maximum absolute atomic E-state index is 9.59. The van der Waals surface area contributed by atoms with E-state index < -0.39 is 0 Å². The Kier molecular flexibility index (Phi) is 4.14. The van der Waals surface area contributed by atoms with Crippen molar-refractivity contribution in [3.8, 4) is 5.75 Å². The second kappa shape index (κ2) is 6.01. The minimum Gasteiger partial charge on any atom is -0.506 e. The van der Waals surface area contributed by atoms with Crippen molar-refractivity contribution in [2.45, 2.75) is 6.92 Å². The maximum atomic E-state index is 9.59. The van der Waals surface area contributed by atoms with Gasteiger partial charge in [-0.1, -0.05) is 0 Å². The number of nitrogens with zero attached hydrogens (tertiary/aromatic N) is 5. The first-order valence-corrected chi connectivity index (χ1v) is 6.07. The Morgan fingerprint density at radius 1 is 1.37 bits per heavy atom. The van der Waals surface area contributed by atoms with Crippen molar-refractivity contribution in [3.05, 3.63) is 24.0 Å². The van der Waals surface area contributed by atoms with Crippen LogP contribution in [0.3, 0.4) is 0 Å². The van der Waals surface area contributed by atoms with Crippen LogP contribution >= 0.6 is 11.5 Å². The number of methoxy groups -OCH3 is 1. The summed E-state index contributed by atoms with van der Waals surface area (Å²) in [6, 6.07) is 4.70. The molecule has 2 rings (SSSR count). The molecule has 1 aromatic heterocycles. The molecule has 0 atom stereocenters. The van der Waals surface area contributed by atoms with Gasteiger partial charge in [-0.15, -0.1) is 10.2 Å². The van der Waals surface area contributed by atoms with Crippen molar-refractivity contribution < 1.29 is 9.84 Å². The van der Waals surface area contributed by atoms with E-state index in [1.165, 1.54) is 31.1 Å². The van der Waals surface area contributed by atoms with Crippen LogP contribution in [-0.2, 0) is 4.74 Å². The molecule has 0 aliphatic rings. The number of phenols is 1. The molecule has 1 N–H and O–H groups in total. The molecule has 0 saturated heterocycles. The van der Waals surface area contributed by atoms with E-state index >= 15 is 0 Å². The quantitative estimate of drug-likeness (QED) is 0.527. The van der Waals surface area contributed by atoms with Crippen LogP contribution in [0.15, 0.2) is 33.4 Å². The Balaban J connectivity index is 2.21. The van der Waals surface area contributed by atoms with Gasteiger partial charge in [0.15, 0.2) is 6.40 Å². The zero-order valence-electron chi connectivity index (χ0n) is 10.3. The molecule has 0 saturated carbocycles. The Morgan fingerprint density at radius 3 is 2.89 bits per heavy atom. The molecule has 98 valence electrons. The number of rotatable bonds is 4. The van der Waals surface area contributed by atoms with Crippen LogP contribution in [0.25, 0.3) is 0 Å². The summed E-state index contributed by atoms with van der Waals surface area (Å²) in [5.74, 6) is 0.703. The van der Waals surface area contributed by atoms with E-state index in [-0.39, 0.29) is 5.75 Å². The van der Waals surface area contributed by atoms with Gasteiger partial charge in [0, 0.05) is 11.5 Å². The second-order valence-electron chi connectivity index (χ2n) is 3.47. The standard InChI is InChI=1S/C11H11N5O2S/c1-7-13-11(19-16-7)15-14-8-3-4-10(17)9(5-8)12-6-18-2/h3-6,17H,1-2H3/b12-6+,15-14+. The fourth-order valence-electron chi connectivity index (χ4n) is 1.21. The molecule has 1 heterocycles. The number of azo groups is 1. The first-order chi connectivity index (χ1) is 9.19. The lowest BCUT2D eigenvalue weighted by molar-refractivity contribution is 0.422. The zero-order chi connectivity index (χ0) is 13.7. The minimum atomic E-state index is 0.0407. The maximum Gasteiger partial charge on any atom is 0.249 e. The third kappa shape index (κ3) is 3.55.